The first-order valence-corrected chi connectivity index (χ1v) is 6.93. The largest absolute Gasteiger partial charge is 0.481 e. The predicted molar refractivity (Wildman–Crippen MR) is 73.8 cm³/mol. The standard InChI is InChI=1S/C14H20N2O5/c1-3-16(12-8-20-7-11(12)13(17)18)14(19)15-6-10-5-4-9(2)21-10/h4-5,11-12H,3,6-8H2,1-2H3,(H,15,19)(H,17,18). The zero-order valence-corrected chi connectivity index (χ0v) is 12.2. The molecule has 1 aromatic rings. The Balaban J connectivity index is 1.96. The summed E-state index contributed by atoms with van der Waals surface area (Å²) in [6.45, 7) is 4.72. The third-order valence-electron chi connectivity index (χ3n) is 3.58. The van der Waals surface area contributed by atoms with Gasteiger partial charge >= 0.3 is 12.0 Å². The Morgan fingerprint density at radius 3 is 2.76 bits per heavy atom. The van der Waals surface area contributed by atoms with Crippen molar-refractivity contribution in [2.24, 2.45) is 5.92 Å². The van der Waals surface area contributed by atoms with Crippen molar-refractivity contribution in [3.8, 4) is 0 Å². The zero-order valence-electron chi connectivity index (χ0n) is 12.2. The van der Waals surface area contributed by atoms with Crippen molar-refractivity contribution in [2.75, 3.05) is 19.8 Å². The van der Waals surface area contributed by atoms with E-state index < -0.39 is 17.9 Å². The number of nitrogens with one attached hydrogen (secondary N) is 1. The molecule has 1 saturated heterocycles. The van der Waals surface area contributed by atoms with Crippen LogP contribution in [0, 0.1) is 12.8 Å². The van der Waals surface area contributed by atoms with Crippen LogP contribution in [0.2, 0.25) is 0 Å². The number of amides is 2. The molecule has 1 aliphatic rings. The highest BCUT2D eigenvalue weighted by molar-refractivity contribution is 5.77. The Labute approximate surface area is 122 Å². The van der Waals surface area contributed by atoms with E-state index in [0.29, 0.717) is 12.3 Å². The normalized spacial score (nSPS) is 21.2. The van der Waals surface area contributed by atoms with Gasteiger partial charge in [-0.05, 0) is 26.0 Å². The Hall–Kier alpha value is -2.02. The Morgan fingerprint density at radius 2 is 2.19 bits per heavy atom. The minimum absolute atomic E-state index is 0.140. The van der Waals surface area contributed by atoms with Gasteiger partial charge in [0.2, 0.25) is 0 Å². The smallest absolute Gasteiger partial charge is 0.318 e. The number of nitrogens with zero attached hydrogens (tertiary/aromatic N) is 1. The summed E-state index contributed by atoms with van der Waals surface area (Å²) in [4.78, 5) is 24.9. The van der Waals surface area contributed by atoms with Gasteiger partial charge in [-0.25, -0.2) is 4.79 Å². The van der Waals surface area contributed by atoms with Crippen LogP contribution < -0.4 is 5.32 Å². The molecule has 0 bridgehead atoms. The quantitative estimate of drug-likeness (QED) is 0.852. The Kier molecular flexibility index (Phi) is 4.85. The topological polar surface area (TPSA) is 92.0 Å². The van der Waals surface area contributed by atoms with Gasteiger partial charge in [-0.15, -0.1) is 0 Å². The van der Waals surface area contributed by atoms with Crippen molar-refractivity contribution in [3.05, 3.63) is 23.7 Å². The molecule has 0 spiro atoms. The molecular formula is C14H20N2O5. The second-order valence-corrected chi connectivity index (χ2v) is 5.01. The van der Waals surface area contributed by atoms with Gasteiger partial charge in [-0.2, -0.15) is 0 Å². The Bertz CT molecular complexity index is 513. The summed E-state index contributed by atoms with van der Waals surface area (Å²) in [6, 6.07) is 2.87. The highest BCUT2D eigenvalue weighted by Crippen LogP contribution is 2.20. The molecule has 7 nitrogen and oxygen atoms in total. The lowest BCUT2D eigenvalue weighted by Gasteiger charge is -2.29. The van der Waals surface area contributed by atoms with Crippen molar-refractivity contribution in [1.82, 2.24) is 10.2 Å². The summed E-state index contributed by atoms with van der Waals surface area (Å²) >= 11 is 0. The van der Waals surface area contributed by atoms with E-state index in [9.17, 15) is 9.59 Å². The number of hydrogen-bond donors (Lipinski definition) is 2. The van der Waals surface area contributed by atoms with Gasteiger partial charge < -0.3 is 24.5 Å². The van der Waals surface area contributed by atoms with Crippen LogP contribution in [0.5, 0.6) is 0 Å². The number of furan rings is 1. The van der Waals surface area contributed by atoms with Gasteiger partial charge in [0.25, 0.3) is 0 Å². The second-order valence-electron chi connectivity index (χ2n) is 5.01. The van der Waals surface area contributed by atoms with Gasteiger partial charge in [0.05, 0.1) is 25.8 Å². The molecule has 2 unspecified atom stereocenters. The zero-order chi connectivity index (χ0) is 15.4. The van der Waals surface area contributed by atoms with E-state index in [-0.39, 0.29) is 25.8 Å². The lowest BCUT2D eigenvalue weighted by Crippen LogP contribution is -2.50. The number of hydrogen-bond acceptors (Lipinski definition) is 4. The van der Waals surface area contributed by atoms with Crippen molar-refractivity contribution in [2.45, 2.75) is 26.4 Å². The van der Waals surface area contributed by atoms with Crippen LogP contribution in [0.15, 0.2) is 16.5 Å². The highest BCUT2D eigenvalue weighted by Gasteiger charge is 2.39. The molecule has 2 N–H and O–H groups in total. The summed E-state index contributed by atoms with van der Waals surface area (Å²) < 4.78 is 10.6. The maximum absolute atomic E-state index is 12.2. The molecule has 1 aliphatic heterocycles. The summed E-state index contributed by atoms with van der Waals surface area (Å²) in [6.07, 6.45) is 0. The molecule has 1 fully saturated rings. The van der Waals surface area contributed by atoms with Gasteiger partial charge in [0.1, 0.15) is 17.4 Å². The van der Waals surface area contributed by atoms with Crippen LogP contribution >= 0.6 is 0 Å². The van der Waals surface area contributed by atoms with E-state index in [1.54, 1.807) is 6.07 Å². The average Bonchev–Trinajstić information content (AvgIpc) is 3.06. The van der Waals surface area contributed by atoms with Gasteiger partial charge in [-0.3, -0.25) is 4.79 Å². The summed E-state index contributed by atoms with van der Waals surface area (Å²) in [5.74, 6) is -0.178. The van der Waals surface area contributed by atoms with E-state index in [0.717, 1.165) is 5.76 Å². The van der Waals surface area contributed by atoms with Crippen LogP contribution in [-0.2, 0) is 16.1 Å². The van der Waals surface area contributed by atoms with Crippen molar-refractivity contribution < 1.29 is 23.8 Å². The fourth-order valence-corrected chi connectivity index (χ4v) is 2.46. The maximum Gasteiger partial charge on any atom is 0.318 e. The van der Waals surface area contributed by atoms with Crippen LogP contribution in [0.4, 0.5) is 4.79 Å². The number of carbonyl (C=O) groups is 2. The van der Waals surface area contributed by atoms with Crippen molar-refractivity contribution in [3.63, 3.8) is 0 Å². The molecule has 2 rings (SSSR count). The van der Waals surface area contributed by atoms with Gasteiger partial charge in [0, 0.05) is 6.54 Å². The Morgan fingerprint density at radius 1 is 1.43 bits per heavy atom. The molecule has 1 aromatic heterocycles. The summed E-state index contributed by atoms with van der Waals surface area (Å²) in [5.41, 5.74) is 0. The van der Waals surface area contributed by atoms with Crippen LogP contribution in [0.25, 0.3) is 0 Å². The first-order chi connectivity index (χ1) is 10.0. The van der Waals surface area contributed by atoms with E-state index in [1.165, 1.54) is 4.90 Å². The molecule has 2 amide bonds. The lowest BCUT2D eigenvalue weighted by molar-refractivity contribution is -0.142. The number of aliphatic carboxylic acids is 1. The van der Waals surface area contributed by atoms with E-state index in [1.807, 2.05) is 19.9 Å². The maximum atomic E-state index is 12.2. The first kappa shape index (κ1) is 15.4. The molecule has 0 radical (unpaired) electrons. The number of aryl methyl sites for hydroxylation is 1. The molecule has 116 valence electrons. The summed E-state index contributed by atoms with van der Waals surface area (Å²) in [5, 5.41) is 11.9. The van der Waals surface area contributed by atoms with Crippen LogP contribution in [-0.4, -0.2) is 47.8 Å². The minimum Gasteiger partial charge on any atom is -0.481 e. The molecule has 21 heavy (non-hydrogen) atoms. The lowest BCUT2D eigenvalue weighted by atomic mass is 10.0. The first-order valence-electron chi connectivity index (χ1n) is 6.93. The number of carbonyl (C=O) groups excluding carboxylic acids is 1. The minimum atomic E-state index is -0.939. The molecular weight excluding hydrogens is 276 g/mol. The predicted octanol–water partition coefficient (Wildman–Crippen LogP) is 1.22. The third-order valence-corrected chi connectivity index (χ3v) is 3.58. The number of carboxylic acid groups (broad SMARTS) is 1. The van der Waals surface area contributed by atoms with Crippen molar-refractivity contribution in [1.29, 1.82) is 0 Å². The molecule has 0 aliphatic carbocycles. The second kappa shape index (κ2) is 6.62. The number of urea groups is 1. The third kappa shape index (κ3) is 3.55. The average molecular weight is 296 g/mol. The molecule has 0 saturated carbocycles. The SMILES string of the molecule is CCN(C(=O)NCc1ccc(C)o1)C1COCC1C(=O)O. The fraction of sp³-hybridized carbons (Fsp3) is 0.571. The van der Waals surface area contributed by atoms with E-state index in [4.69, 9.17) is 14.3 Å². The molecule has 7 heteroatoms. The fourth-order valence-electron chi connectivity index (χ4n) is 2.46. The van der Waals surface area contributed by atoms with Crippen LogP contribution in [0.1, 0.15) is 18.4 Å². The molecule has 2 heterocycles. The highest BCUT2D eigenvalue weighted by atomic mass is 16.5. The monoisotopic (exact) mass is 296 g/mol. The number of rotatable bonds is 5. The van der Waals surface area contributed by atoms with Crippen molar-refractivity contribution >= 4 is 12.0 Å². The van der Waals surface area contributed by atoms with E-state index in [2.05, 4.69) is 5.32 Å². The van der Waals surface area contributed by atoms with Gasteiger partial charge in [0.15, 0.2) is 0 Å². The number of ether oxygens (including phenoxy) is 1. The molecule has 0 aromatic carbocycles. The van der Waals surface area contributed by atoms with Crippen LogP contribution in [0.3, 0.4) is 0 Å². The van der Waals surface area contributed by atoms with Gasteiger partial charge in [-0.1, -0.05) is 0 Å². The number of carboxylic acids is 1. The number of likely N-dealkylation sites (N-methyl/N-ethyl adjacent to an activating group) is 1. The molecule has 2 atom stereocenters. The summed E-state index contributed by atoms with van der Waals surface area (Å²) in [7, 11) is 0. The van der Waals surface area contributed by atoms with E-state index >= 15 is 0 Å².